The lowest BCUT2D eigenvalue weighted by molar-refractivity contribution is 0.0960. The van der Waals surface area contributed by atoms with Crippen molar-refractivity contribution in [1.82, 2.24) is 0 Å². The Bertz CT molecular complexity index is 1240. The molecule has 198 valence electrons. The highest BCUT2D eigenvalue weighted by molar-refractivity contribution is 7.79. The Morgan fingerprint density at radius 3 is 1.42 bits per heavy atom. The predicted octanol–water partition coefficient (Wildman–Crippen LogP) is 7.33. The lowest BCUT2D eigenvalue weighted by Crippen LogP contribution is -2.28. The summed E-state index contributed by atoms with van der Waals surface area (Å²) in [5.74, 6) is -0.424. The molecule has 0 radical (unpaired) electrons. The molecule has 4 aromatic carbocycles. The van der Waals surface area contributed by atoms with Gasteiger partial charge in [-0.25, -0.2) is 0 Å². The van der Waals surface area contributed by atoms with Gasteiger partial charge in [0.25, 0.3) is 0 Å². The Balaban J connectivity index is 1.58. The highest BCUT2D eigenvalue weighted by Gasteiger charge is 2.37. The molecule has 5 heteroatoms. The van der Waals surface area contributed by atoms with Crippen LogP contribution in [0.1, 0.15) is 39.0 Å². The molecule has 0 saturated heterocycles. The van der Waals surface area contributed by atoms with Crippen molar-refractivity contribution >= 4 is 35.5 Å². The van der Waals surface area contributed by atoms with Crippen LogP contribution in [0.2, 0.25) is 0 Å². The summed E-state index contributed by atoms with van der Waals surface area (Å²) in [6.07, 6.45) is 4.71. The molecule has 3 nitrogen and oxygen atoms in total. The van der Waals surface area contributed by atoms with Crippen molar-refractivity contribution in [2.75, 3.05) is 12.8 Å². The van der Waals surface area contributed by atoms with Crippen LogP contribution in [0.3, 0.4) is 0 Å². The van der Waals surface area contributed by atoms with Crippen LogP contribution >= 0.6 is 14.3 Å². The molecule has 4 rings (SSSR count). The molecule has 0 heterocycles. The largest absolute Gasteiger partial charge is 0.370 e. The standard InChI is InChI=1S/C33H38O3P2/c1-2-3-27-36-33(38(35,31-22-12-6-13-23-31)32-24-14-7-15-25-32)26-16-17-28-37(34,29-18-8-4-9-19-29)30-20-10-5-11-21-30/h4-15,18-25,33H,2-3,16-17,26-28H2,1H3. The van der Waals surface area contributed by atoms with E-state index in [1.54, 1.807) is 0 Å². The molecule has 1 unspecified atom stereocenters. The fourth-order valence-electron chi connectivity index (χ4n) is 4.91. The molecule has 0 aromatic heterocycles. The molecular weight excluding hydrogens is 506 g/mol. The van der Waals surface area contributed by atoms with Gasteiger partial charge in [0.1, 0.15) is 13.0 Å². The molecule has 0 aliphatic heterocycles. The Hall–Kier alpha value is -2.70. The maximum absolute atomic E-state index is 15.0. The van der Waals surface area contributed by atoms with Crippen LogP contribution in [0.15, 0.2) is 121 Å². The zero-order chi connectivity index (χ0) is 26.7. The van der Waals surface area contributed by atoms with E-state index in [0.29, 0.717) is 19.2 Å². The van der Waals surface area contributed by atoms with E-state index in [1.165, 1.54) is 0 Å². The van der Waals surface area contributed by atoms with E-state index in [9.17, 15) is 9.13 Å². The van der Waals surface area contributed by atoms with Crippen LogP contribution in [-0.4, -0.2) is 18.6 Å². The highest BCUT2D eigenvalue weighted by Crippen LogP contribution is 2.51. The normalized spacial score (nSPS) is 12.8. The first-order valence-electron chi connectivity index (χ1n) is 13.6. The van der Waals surface area contributed by atoms with Gasteiger partial charge in [-0.1, -0.05) is 135 Å². The molecule has 0 saturated carbocycles. The molecule has 0 aliphatic carbocycles. The van der Waals surface area contributed by atoms with Crippen molar-refractivity contribution in [2.24, 2.45) is 0 Å². The van der Waals surface area contributed by atoms with Crippen LogP contribution < -0.4 is 21.2 Å². The fraction of sp³-hybridized carbons (Fsp3) is 0.273. The third-order valence-corrected chi connectivity index (χ3v) is 13.6. The van der Waals surface area contributed by atoms with E-state index < -0.39 is 20.1 Å². The van der Waals surface area contributed by atoms with Gasteiger partial charge in [-0.2, -0.15) is 0 Å². The van der Waals surface area contributed by atoms with Crippen molar-refractivity contribution in [3.8, 4) is 0 Å². The van der Waals surface area contributed by atoms with E-state index in [4.69, 9.17) is 4.74 Å². The molecule has 0 spiro atoms. The van der Waals surface area contributed by atoms with Gasteiger partial charge in [0.05, 0.1) is 0 Å². The van der Waals surface area contributed by atoms with E-state index in [0.717, 1.165) is 46.9 Å². The fourth-order valence-corrected chi connectivity index (χ4v) is 10.8. The lowest BCUT2D eigenvalue weighted by Gasteiger charge is -2.29. The summed E-state index contributed by atoms with van der Waals surface area (Å²) >= 11 is 0. The molecule has 1 atom stereocenters. The molecule has 0 aliphatic rings. The Morgan fingerprint density at radius 1 is 0.579 bits per heavy atom. The average molecular weight is 545 g/mol. The summed E-state index contributed by atoms with van der Waals surface area (Å²) in [7, 11) is -5.84. The van der Waals surface area contributed by atoms with Crippen molar-refractivity contribution in [1.29, 1.82) is 0 Å². The second-order valence-corrected chi connectivity index (χ2v) is 15.5. The molecule has 0 bridgehead atoms. The topological polar surface area (TPSA) is 43.4 Å². The van der Waals surface area contributed by atoms with Gasteiger partial charge in [-0.3, -0.25) is 0 Å². The van der Waals surface area contributed by atoms with E-state index >= 15 is 0 Å². The molecule has 0 N–H and O–H groups in total. The summed E-state index contributed by atoms with van der Waals surface area (Å²) in [6, 6.07) is 39.2. The third kappa shape index (κ3) is 6.65. The zero-order valence-electron chi connectivity index (χ0n) is 22.2. The molecule has 4 aromatic rings. The number of ether oxygens (including phenoxy) is 1. The Labute approximate surface area is 228 Å². The first-order chi connectivity index (χ1) is 18.6. The number of hydrogen-bond acceptors (Lipinski definition) is 3. The summed E-state index contributed by atoms with van der Waals surface area (Å²) in [4.78, 5) is 0. The minimum atomic E-state index is -3.06. The molecule has 38 heavy (non-hydrogen) atoms. The maximum Gasteiger partial charge on any atom is 0.170 e. The molecule has 0 fully saturated rings. The second kappa shape index (κ2) is 13.9. The van der Waals surface area contributed by atoms with E-state index in [2.05, 4.69) is 6.92 Å². The second-order valence-electron chi connectivity index (χ2n) is 9.64. The Kier molecular flexibility index (Phi) is 10.4. The van der Waals surface area contributed by atoms with E-state index in [-0.39, 0.29) is 0 Å². The first kappa shape index (κ1) is 28.3. The SMILES string of the molecule is CCCCOC(CCCCP(=O)(c1ccccc1)c1ccccc1)P(=O)(c1ccccc1)c1ccccc1. The number of unbranched alkanes of at least 4 members (excludes halogenated alkanes) is 2. The number of rotatable bonds is 14. The third-order valence-electron chi connectivity index (χ3n) is 7.01. The van der Waals surface area contributed by atoms with Crippen LogP contribution in [0.5, 0.6) is 0 Å². The Morgan fingerprint density at radius 2 is 1.00 bits per heavy atom. The van der Waals surface area contributed by atoms with Crippen molar-refractivity contribution in [3.63, 3.8) is 0 Å². The summed E-state index contributed by atoms with van der Waals surface area (Å²) in [5.41, 5.74) is 0. The van der Waals surface area contributed by atoms with Crippen LogP contribution in [0.4, 0.5) is 0 Å². The number of benzene rings is 4. The van der Waals surface area contributed by atoms with Gasteiger partial charge < -0.3 is 13.9 Å². The molecular formula is C33H38O3P2. The van der Waals surface area contributed by atoms with Crippen molar-refractivity contribution in [2.45, 2.75) is 44.9 Å². The first-order valence-corrected chi connectivity index (χ1v) is 17.3. The van der Waals surface area contributed by atoms with Gasteiger partial charge in [-0.05, 0) is 25.7 Å². The van der Waals surface area contributed by atoms with Crippen LogP contribution in [-0.2, 0) is 13.9 Å². The maximum atomic E-state index is 15.0. The van der Waals surface area contributed by atoms with Crippen molar-refractivity contribution in [3.05, 3.63) is 121 Å². The monoisotopic (exact) mass is 544 g/mol. The van der Waals surface area contributed by atoms with Gasteiger partial charge in [-0.15, -0.1) is 0 Å². The van der Waals surface area contributed by atoms with Gasteiger partial charge in [0, 0.05) is 34.0 Å². The summed E-state index contributed by atoms with van der Waals surface area (Å²) in [6.45, 7) is 2.72. The lowest BCUT2D eigenvalue weighted by atomic mass is 10.2. The predicted molar refractivity (Wildman–Crippen MR) is 163 cm³/mol. The zero-order valence-corrected chi connectivity index (χ0v) is 24.0. The van der Waals surface area contributed by atoms with Gasteiger partial charge >= 0.3 is 0 Å². The van der Waals surface area contributed by atoms with Crippen LogP contribution in [0, 0.1) is 0 Å². The van der Waals surface area contributed by atoms with Gasteiger partial charge in [0.15, 0.2) is 7.14 Å². The smallest absolute Gasteiger partial charge is 0.170 e. The minimum absolute atomic E-state index is 0.424. The van der Waals surface area contributed by atoms with E-state index in [1.807, 2.05) is 121 Å². The minimum Gasteiger partial charge on any atom is -0.370 e. The quantitative estimate of drug-likeness (QED) is 0.123. The number of hydrogen-bond donors (Lipinski definition) is 0. The average Bonchev–Trinajstić information content (AvgIpc) is 2.99. The van der Waals surface area contributed by atoms with Gasteiger partial charge in [0.2, 0.25) is 0 Å². The molecule has 0 amide bonds. The highest BCUT2D eigenvalue weighted by atomic mass is 31.2. The van der Waals surface area contributed by atoms with Crippen molar-refractivity contribution < 1.29 is 13.9 Å². The van der Waals surface area contributed by atoms with Crippen LogP contribution in [0.25, 0.3) is 0 Å². The summed E-state index contributed by atoms with van der Waals surface area (Å²) < 4.78 is 35.8. The summed E-state index contributed by atoms with van der Waals surface area (Å²) in [5, 5.41) is 3.43.